The maximum absolute atomic E-state index is 15.3. The van der Waals surface area contributed by atoms with E-state index < -0.39 is 150 Å². The molecule has 0 radical (unpaired) electrons. The van der Waals surface area contributed by atoms with E-state index in [1.165, 1.54) is 13.2 Å². The van der Waals surface area contributed by atoms with Gasteiger partial charge in [0.25, 0.3) is 11.8 Å². The molecule has 2 heterocycles. The van der Waals surface area contributed by atoms with Gasteiger partial charge in [0.15, 0.2) is 33.0 Å². The van der Waals surface area contributed by atoms with Crippen molar-refractivity contribution in [1.29, 1.82) is 0 Å². The second-order valence-electron chi connectivity index (χ2n) is 13.7. The number of allylic oxidation sites excluding steroid dienone is 2. The van der Waals surface area contributed by atoms with E-state index >= 15 is 8.78 Å². The second-order valence-corrected chi connectivity index (χ2v) is 15.0. The highest BCUT2D eigenvalue weighted by atomic mass is 35.5. The maximum Gasteiger partial charge on any atom is 0.416 e. The van der Waals surface area contributed by atoms with Crippen LogP contribution in [-0.4, -0.2) is 52.7 Å². The molecule has 0 spiro atoms. The van der Waals surface area contributed by atoms with Crippen molar-refractivity contribution in [3.05, 3.63) is 87.8 Å². The Morgan fingerprint density at radius 2 is 1.28 bits per heavy atom. The smallest absolute Gasteiger partial charge is 0.416 e. The lowest BCUT2D eigenvalue weighted by Crippen LogP contribution is -2.60. The van der Waals surface area contributed by atoms with E-state index in [0.717, 1.165) is 19.2 Å². The quantitative estimate of drug-likeness (QED) is 0.0693. The minimum absolute atomic E-state index is 0.0866. The highest BCUT2D eigenvalue weighted by Gasteiger charge is 2.77. The topological polar surface area (TPSA) is 113 Å². The fraction of sp³-hybridized carbons (Fsp3) is 0.333. The van der Waals surface area contributed by atoms with Crippen LogP contribution in [0.3, 0.4) is 0 Å². The lowest BCUT2D eigenvalue weighted by molar-refractivity contribution is -0.143. The molecule has 0 bridgehead atoms. The number of aromatic hydroxyl groups is 1. The third-order valence-electron chi connectivity index (χ3n) is 10.9. The highest BCUT2D eigenvalue weighted by Crippen LogP contribution is 2.68. The van der Waals surface area contributed by atoms with E-state index in [4.69, 9.17) is 32.7 Å². The molecule has 308 valence electrons. The van der Waals surface area contributed by atoms with Crippen molar-refractivity contribution >= 4 is 58.2 Å². The third-order valence-corrected chi connectivity index (χ3v) is 12.3. The Labute approximate surface area is 327 Å². The van der Waals surface area contributed by atoms with Crippen LogP contribution in [0.5, 0.6) is 17.2 Å². The number of halogens is 13. The molecule has 3 aromatic carbocycles. The van der Waals surface area contributed by atoms with Gasteiger partial charge in [0, 0.05) is 23.6 Å². The van der Waals surface area contributed by atoms with Gasteiger partial charge in [-0.05, 0) is 37.0 Å². The van der Waals surface area contributed by atoms with Gasteiger partial charge in [0.1, 0.15) is 22.9 Å². The van der Waals surface area contributed by atoms with Crippen LogP contribution < -0.4 is 19.3 Å². The summed E-state index contributed by atoms with van der Waals surface area (Å²) < 4.78 is 167. The molecule has 1 N–H and O–H groups in total. The Kier molecular flexibility index (Phi) is 9.35. The molecule has 2 saturated heterocycles. The highest BCUT2D eigenvalue weighted by molar-refractivity contribution is 6.58. The number of carbonyl (C=O) groups excluding carboxylic acids is 4. The maximum atomic E-state index is 15.3. The van der Waals surface area contributed by atoms with E-state index in [2.05, 4.69) is 0 Å². The molecule has 6 unspecified atom stereocenters. The summed E-state index contributed by atoms with van der Waals surface area (Å²) in [5.74, 6) is -28.0. The molecule has 2 aliphatic heterocycles. The summed E-state index contributed by atoms with van der Waals surface area (Å²) in [6, 6.07) is 2.10. The van der Waals surface area contributed by atoms with E-state index in [1.54, 1.807) is 0 Å². The van der Waals surface area contributed by atoms with Gasteiger partial charge in [0.05, 0.1) is 42.9 Å². The number of phenols is 1. The van der Waals surface area contributed by atoms with E-state index in [9.17, 15) is 63.8 Å². The number of nitrogens with zero attached hydrogens (tertiary/aromatic N) is 2. The van der Waals surface area contributed by atoms with Crippen LogP contribution in [0.1, 0.15) is 35.4 Å². The minimum Gasteiger partial charge on any atom is -0.507 e. The summed E-state index contributed by atoms with van der Waals surface area (Å²) in [4.78, 5) is 50.5. The number of anilines is 2. The number of rotatable bonds is 5. The summed E-state index contributed by atoms with van der Waals surface area (Å²) in [6.45, 7) is 0. The first-order valence-corrected chi connectivity index (χ1v) is 17.2. The molecule has 9 nitrogen and oxygen atoms in total. The summed E-state index contributed by atoms with van der Waals surface area (Å²) in [7, 11) is 2.21. The second kappa shape index (κ2) is 13.2. The van der Waals surface area contributed by atoms with Crippen LogP contribution in [0.25, 0.3) is 0 Å². The molecule has 3 aromatic rings. The van der Waals surface area contributed by atoms with Crippen LogP contribution in [-0.2, 0) is 31.5 Å². The first kappa shape index (κ1) is 41.1. The zero-order chi connectivity index (χ0) is 42.9. The average molecular weight is 873 g/mol. The predicted molar refractivity (Wildman–Crippen MR) is 177 cm³/mol. The number of fused-ring (bicyclic) bond motifs is 4. The first-order chi connectivity index (χ1) is 26.9. The zero-order valence-electron chi connectivity index (χ0n) is 28.9. The zero-order valence-corrected chi connectivity index (χ0v) is 30.4. The molecule has 0 aromatic heterocycles. The number of phenolic OH excluding ortho intramolecular Hbond substituents is 1. The number of imide groups is 2. The number of alkyl halides is 8. The molecule has 3 fully saturated rings. The van der Waals surface area contributed by atoms with E-state index in [1.807, 2.05) is 0 Å². The lowest BCUT2D eigenvalue weighted by atomic mass is 9.56. The molecule has 4 aliphatic rings. The lowest BCUT2D eigenvalue weighted by Gasteiger charge is -2.50. The SMILES string of the molecule is COc1cc(O)c(C2C3=CCC4C(=O)N(c5cc(C(F)(F)F)cc(C(F)(F)F)c5)C(=O)C4C3CC3(Cl)C(=O)N(c4c(F)c(F)c(F)c(F)c4F)C(=O)C23Cl)c(OC)c1. The van der Waals surface area contributed by atoms with Crippen LogP contribution in [0.4, 0.5) is 59.7 Å². The van der Waals surface area contributed by atoms with Gasteiger partial charge in [0.2, 0.25) is 17.6 Å². The number of benzene rings is 3. The summed E-state index contributed by atoms with van der Waals surface area (Å²) in [6.07, 6.45) is -11.2. The third kappa shape index (κ3) is 5.49. The van der Waals surface area contributed by atoms with Crippen LogP contribution in [0, 0.1) is 46.8 Å². The van der Waals surface area contributed by atoms with Gasteiger partial charge in [-0.3, -0.25) is 19.2 Å². The van der Waals surface area contributed by atoms with Crippen LogP contribution in [0.15, 0.2) is 42.0 Å². The Hall–Kier alpha value is -5.11. The van der Waals surface area contributed by atoms with Crippen molar-refractivity contribution in [2.75, 3.05) is 24.0 Å². The average Bonchev–Trinajstić information content (AvgIpc) is 3.50. The predicted octanol–water partition coefficient (Wildman–Crippen LogP) is 7.91. The Balaban J connectivity index is 1.46. The van der Waals surface area contributed by atoms with Gasteiger partial charge in [-0.15, -0.1) is 23.2 Å². The first-order valence-electron chi connectivity index (χ1n) is 16.5. The molecule has 1 saturated carbocycles. The summed E-state index contributed by atoms with van der Waals surface area (Å²) in [5.41, 5.74) is -7.70. The van der Waals surface area contributed by atoms with Crippen molar-refractivity contribution in [2.24, 2.45) is 17.8 Å². The molecular formula is C36H21Cl2F11N2O7. The van der Waals surface area contributed by atoms with Gasteiger partial charge in [-0.1, -0.05) is 11.6 Å². The van der Waals surface area contributed by atoms with Crippen LogP contribution in [0.2, 0.25) is 0 Å². The van der Waals surface area contributed by atoms with Crippen molar-refractivity contribution in [1.82, 2.24) is 0 Å². The van der Waals surface area contributed by atoms with Gasteiger partial charge in [-0.25, -0.2) is 31.8 Å². The minimum atomic E-state index is -5.40. The number of hydrogen-bond acceptors (Lipinski definition) is 7. The fourth-order valence-corrected chi connectivity index (χ4v) is 9.29. The van der Waals surface area contributed by atoms with Crippen molar-refractivity contribution < 1.29 is 82.1 Å². The number of methoxy groups -OCH3 is 2. The Morgan fingerprint density at radius 1 is 0.724 bits per heavy atom. The number of ether oxygens (including phenoxy) is 2. The van der Waals surface area contributed by atoms with Gasteiger partial charge >= 0.3 is 12.4 Å². The van der Waals surface area contributed by atoms with E-state index in [0.29, 0.717) is 0 Å². The number of amides is 4. The van der Waals surface area contributed by atoms with E-state index in [-0.39, 0.29) is 40.2 Å². The summed E-state index contributed by atoms with van der Waals surface area (Å²) >= 11 is 14.1. The normalized spacial score (nSPS) is 27.1. The largest absolute Gasteiger partial charge is 0.507 e. The van der Waals surface area contributed by atoms with Crippen LogP contribution >= 0.6 is 23.2 Å². The molecule has 6 atom stereocenters. The monoisotopic (exact) mass is 872 g/mol. The Bertz CT molecular complexity index is 2350. The molecule has 2 aliphatic carbocycles. The van der Waals surface area contributed by atoms with Crippen molar-refractivity contribution in [3.8, 4) is 17.2 Å². The van der Waals surface area contributed by atoms with Crippen molar-refractivity contribution in [3.63, 3.8) is 0 Å². The number of hydrogen-bond donors (Lipinski definition) is 1. The fourth-order valence-electron chi connectivity index (χ4n) is 8.37. The van der Waals surface area contributed by atoms with Crippen molar-refractivity contribution in [2.45, 2.75) is 40.9 Å². The Morgan fingerprint density at radius 3 is 1.79 bits per heavy atom. The summed E-state index contributed by atoms with van der Waals surface area (Å²) in [5, 5.41) is 11.4. The molecule has 58 heavy (non-hydrogen) atoms. The molecule has 7 rings (SSSR count). The number of carbonyl (C=O) groups is 4. The molecule has 22 heteroatoms. The molecular weight excluding hydrogens is 852 g/mol. The van der Waals surface area contributed by atoms with Gasteiger partial charge in [-0.2, -0.15) is 26.3 Å². The molecule has 4 amide bonds. The van der Waals surface area contributed by atoms with Gasteiger partial charge < -0.3 is 14.6 Å². The standard InChI is InChI=1S/C36H21Cl2F11N2O7/c1-57-14-8-18(52)21(19(9-14)58-2)22-15-3-4-16-20(30(54)50(29(16)53)13-6-11(35(44,45)46)5-12(7-13)36(47,48)49)17(15)10-33(37)31(55)51(32(56)34(22,33)38)28-26(42)24(40)23(39)25(41)27(28)43/h3,5-9,16-17,20,22,52H,4,10H2,1-2H3.